The molecule has 0 bridgehead atoms. The number of carbonyl (C=O) groups excluding carboxylic acids is 1. The van der Waals surface area contributed by atoms with E-state index in [1.54, 1.807) is 20.0 Å². The van der Waals surface area contributed by atoms with Gasteiger partial charge in [-0.2, -0.15) is 0 Å². The first-order valence-electron chi connectivity index (χ1n) is 6.62. The number of Topliss-reactive ketones (excluding diaryl/α,β-unsaturated/α-hetero) is 1. The second kappa shape index (κ2) is 7.24. The lowest BCUT2D eigenvalue weighted by Gasteiger charge is -2.19. The van der Waals surface area contributed by atoms with Crippen LogP contribution in [-0.4, -0.2) is 26.0 Å². The van der Waals surface area contributed by atoms with Crippen LogP contribution in [0.5, 0.6) is 5.75 Å². The van der Waals surface area contributed by atoms with Gasteiger partial charge in [0.1, 0.15) is 0 Å². The Kier molecular flexibility index (Phi) is 5.96. The van der Waals surface area contributed by atoms with Crippen LogP contribution >= 0.6 is 0 Å². The first-order valence-corrected chi connectivity index (χ1v) is 6.62. The van der Waals surface area contributed by atoms with E-state index >= 15 is 0 Å². The Balaban J connectivity index is 2.95. The fraction of sp³-hybridized carbons (Fsp3) is 0.533. The Morgan fingerprint density at radius 2 is 2.11 bits per heavy atom. The minimum atomic E-state index is -0.486. The van der Waals surface area contributed by atoms with E-state index in [1.807, 2.05) is 13.8 Å². The maximum Gasteiger partial charge on any atom is 0.167 e. The van der Waals surface area contributed by atoms with Crippen LogP contribution in [0.15, 0.2) is 18.2 Å². The molecule has 0 spiro atoms. The van der Waals surface area contributed by atoms with Crippen LogP contribution in [0.4, 0.5) is 4.39 Å². The molecule has 0 amide bonds. The summed E-state index contributed by atoms with van der Waals surface area (Å²) in [7, 11) is 1.81. The summed E-state index contributed by atoms with van der Waals surface area (Å²) in [5.41, 5.74) is 0.398. The second-order valence-corrected chi connectivity index (χ2v) is 4.85. The minimum Gasteiger partial charge on any atom is -0.491 e. The molecule has 1 rings (SSSR count). The predicted octanol–water partition coefficient (Wildman–Crippen LogP) is 2.90. The molecule has 1 atom stereocenters. The van der Waals surface area contributed by atoms with Crippen LogP contribution in [-0.2, 0) is 0 Å². The fourth-order valence-electron chi connectivity index (χ4n) is 1.99. The van der Waals surface area contributed by atoms with E-state index in [9.17, 15) is 9.18 Å². The molecule has 0 saturated heterocycles. The van der Waals surface area contributed by atoms with Crippen molar-refractivity contribution in [2.45, 2.75) is 20.8 Å². The molecule has 1 aromatic rings. The summed E-state index contributed by atoms with van der Waals surface area (Å²) in [4.78, 5) is 12.4. The second-order valence-electron chi connectivity index (χ2n) is 4.85. The molecule has 0 heterocycles. The van der Waals surface area contributed by atoms with Gasteiger partial charge >= 0.3 is 0 Å². The number of halogens is 1. The van der Waals surface area contributed by atoms with Gasteiger partial charge in [0.2, 0.25) is 0 Å². The lowest BCUT2D eigenvalue weighted by molar-refractivity contribution is 0.0885. The van der Waals surface area contributed by atoms with Crippen molar-refractivity contribution in [3.8, 4) is 5.75 Å². The zero-order valence-electron chi connectivity index (χ0n) is 12.0. The third-order valence-corrected chi connectivity index (χ3v) is 3.08. The van der Waals surface area contributed by atoms with E-state index in [0.29, 0.717) is 18.7 Å². The van der Waals surface area contributed by atoms with Gasteiger partial charge in [-0.05, 0) is 38.1 Å². The van der Waals surface area contributed by atoms with Crippen molar-refractivity contribution in [1.29, 1.82) is 0 Å². The van der Waals surface area contributed by atoms with Gasteiger partial charge in [0, 0.05) is 18.0 Å². The third kappa shape index (κ3) is 4.03. The molecule has 4 heteroatoms. The van der Waals surface area contributed by atoms with Gasteiger partial charge in [0.25, 0.3) is 0 Å². The summed E-state index contributed by atoms with van der Waals surface area (Å²) in [5, 5.41) is 3.01. The van der Waals surface area contributed by atoms with Crippen LogP contribution in [0.25, 0.3) is 0 Å². The Hall–Kier alpha value is -1.42. The summed E-state index contributed by atoms with van der Waals surface area (Å²) >= 11 is 0. The van der Waals surface area contributed by atoms with Gasteiger partial charge in [-0.1, -0.05) is 13.8 Å². The molecule has 0 aliphatic heterocycles. The number of ketones is 1. The SMILES string of the molecule is CCOc1ccc(C(=O)C(CNC)C(C)C)cc1F. The van der Waals surface area contributed by atoms with Crippen molar-refractivity contribution in [2.24, 2.45) is 11.8 Å². The average Bonchev–Trinajstić information content (AvgIpc) is 2.37. The molecule has 1 unspecified atom stereocenters. The van der Waals surface area contributed by atoms with E-state index in [4.69, 9.17) is 4.74 Å². The monoisotopic (exact) mass is 267 g/mol. The summed E-state index contributed by atoms with van der Waals surface area (Å²) in [5.74, 6) is -0.281. The molecule has 3 nitrogen and oxygen atoms in total. The molecule has 1 N–H and O–H groups in total. The predicted molar refractivity (Wildman–Crippen MR) is 74.2 cm³/mol. The summed E-state index contributed by atoms with van der Waals surface area (Å²) in [6.45, 7) is 6.76. The molecular weight excluding hydrogens is 245 g/mol. The number of ether oxygens (including phenoxy) is 1. The molecule has 0 radical (unpaired) electrons. The normalized spacial score (nSPS) is 12.5. The minimum absolute atomic E-state index is 0.0358. The maximum atomic E-state index is 13.8. The zero-order valence-corrected chi connectivity index (χ0v) is 12.0. The Morgan fingerprint density at radius 1 is 1.42 bits per heavy atom. The number of rotatable bonds is 7. The topological polar surface area (TPSA) is 38.3 Å². The summed E-state index contributed by atoms with van der Waals surface area (Å²) in [6, 6.07) is 4.41. The van der Waals surface area contributed by atoms with E-state index < -0.39 is 5.82 Å². The van der Waals surface area contributed by atoms with Gasteiger partial charge in [-0.15, -0.1) is 0 Å². The van der Waals surface area contributed by atoms with E-state index in [1.165, 1.54) is 12.1 Å². The van der Waals surface area contributed by atoms with Gasteiger partial charge in [0.15, 0.2) is 17.3 Å². The number of benzene rings is 1. The zero-order chi connectivity index (χ0) is 14.4. The fourth-order valence-corrected chi connectivity index (χ4v) is 1.99. The molecule has 0 aliphatic carbocycles. The van der Waals surface area contributed by atoms with Gasteiger partial charge < -0.3 is 10.1 Å². The van der Waals surface area contributed by atoms with E-state index in [2.05, 4.69) is 5.32 Å². The molecule has 0 fully saturated rings. The van der Waals surface area contributed by atoms with Crippen LogP contribution in [0.2, 0.25) is 0 Å². The van der Waals surface area contributed by atoms with Crippen LogP contribution < -0.4 is 10.1 Å². The van der Waals surface area contributed by atoms with Crippen molar-refractivity contribution in [3.05, 3.63) is 29.6 Å². The molecule has 106 valence electrons. The molecule has 19 heavy (non-hydrogen) atoms. The molecule has 0 aliphatic rings. The van der Waals surface area contributed by atoms with Crippen molar-refractivity contribution >= 4 is 5.78 Å². The smallest absolute Gasteiger partial charge is 0.167 e. The van der Waals surface area contributed by atoms with Crippen molar-refractivity contribution in [1.82, 2.24) is 5.32 Å². The highest BCUT2D eigenvalue weighted by atomic mass is 19.1. The van der Waals surface area contributed by atoms with Crippen molar-refractivity contribution < 1.29 is 13.9 Å². The van der Waals surface area contributed by atoms with E-state index in [0.717, 1.165) is 0 Å². The van der Waals surface area contributed by atoms with Crippen LogP contribution in [0.1, 0.15) is 31.1 Å². The van der Waals surface area contributed by atoms with Gasteiger partial charge in [-0.25, -0.2) is 4.39 Å². The average molecular weight is 267 g/mol. The molecular formula is C15H22FNO2. The van der Waals surface area contributed by atoms with Crippen molar-refractivity contribution in [2.75, 3.05) is 20.2 Å². The van der Waals surface area contributed by atoms with Crippen LogP contribution in [0.3, 0.4) is 0 Å². The number of carbonyl (C=O) groups is 1. The molecule has 1 aromatic carbocycles. The van der Waals surface area contributed by atoms with Gasteiger partial charge in [-0.3, -0.25) is 4.79 Å². The van der Waals surface area contributed by atoms with Crippen molar-refractivity contribution in [3.63, 3.8) is 0 Å². The highest BCUT2D eigenvalue weighted by Crippen LogP contribution is 2.22. The van der Waals surface area contributed by atoms with Crippen LogP contribution in [0, 0.1) is 17.7 Å². The summed E-state index contributed by atoms with van der Waals surface area (Å²) < 4.78 is 18.9. The largest absolute Gasteiger partial charge is 0.491 e. The number of hydrogen-bond acceptors (Lipinski definition) is 3. The first kappa shape index (κ1) is 15.6. The molecule has 0 aromatic heterocycles. The highest BCUT2D eigenvalue weighted by molar-refractivity contribution is 5.98. The lowest BCUT2D eigenvalue weighted by Crippen LogP contribution is -2.30. The maximum absolute atomic E-state index is 13.8. The number of hydrogen-bond donors (Lipinski definition) is 1. The standard InChI is InChI=1S/C15H22FNO2/c1-5-19-14-7-6-11(8-13(14)16)15(18)12(9-17-4)10(2)3/h6-8,10,12,17H,5,9H2,1-4H3. The number of nitrogens with one attached hydrogen (secondary N) is 1. The Bertz CT molecular complexity index is 432. The Labute approximate surface area is 114 Å². The molecule has 0 saturated carbocycles. The van der Waals surface area contributed by atoms with E-state index in [-0.39, 0.29) is 23.4 Å². The first-order chi connectivity index (χ1) is 9.01. The highest BCUT2D eigenvalue weighted by Gasteiger charge is 2.23. The van der Waals surface area contributed by atoms with Gasteiger partial charge in [0.05, 0.1) is 6.61 Å². The summed E-state index contributed by atoms with van der Waals surface area (Å²) in [6.07, 6.45) is 0. The quantitative estimate of drug-likeness (QED) is 0.772. The Morgan fingerprint density at radius 3 is 2.58 bits per heavy atom. The lowest BCUT2D eigenvalue weighted by atomic mass is 9.88. The third-order valence-electron chi connectivity index (χ3n) is 3.08.